The van der Waals surface area contributed by atoms with E-state index >= 15 is 0 Å². The number of unbranched alkanes of at least 4 members (excludes halogenated alkanes) is 8. The van der Waals surface area contributed by atoms with Crippen LogP contribution in [0.4, 0.5) is 4.79 Å². The predicted molar refractivity (Wildman–Crippen MR) is 94.3 cm³/mol. The van der Waals surface area contributed by atoms with E-state index in [1.165, 1.54) is 25.7 Å². The van der Waals surface area contributed by atoms with E-state index in [1.54, 1.807) is 0 Å². The van der Waals surface area contributed by atoms with Gasteiger partial charge in [-0.05, 0) is 39.5 Å². The van der Waals surface area contributed by atoms with Crippen molar-refractivity contribution in [3.63, 3.8) is 0 Å². The molecule has 0 rings (SSSR count). The molecule has 0 aliphatic heterocycles. The monoisotopic (exact) mass is 328 g/mol. The molecule has 0 spiro atoms. The number of hydrogen-bond acceptors (Lipinski definition) is 4. The van der Waals surface area contributed by atoms with Crippen LogP contribution in [0.1, 0.15) is 91.4 Å². The first kappa shape index (κ1) is 22.0. The first-order valence-electron chi connectivity index (χ1n) is 9.15. The number of ether oxygens (including phenoxy) is 1. The Labute approximate surface area is 142 Å². The summed E-state index contributed by atoms with van der Waals surface area (Å²) in [5, 5.41) is 0. The summed E-state index contributed by atoms with van der Waals surface area (Å²) in [6, 6.07) is 0. The number of carbonyl (C=O) groups is 1. The van der Waals surface area contributed by atoms with Crippen LogP contribution in [0.25, 0.3) is 0 Å². The lowest BCUT2D eigenvalue weighted by molar-refractivity contribution is -0.318. The number of carbonyl (C=O) groups excluding carboxylic acids is 1. The normalized spacial score (nSPS) is 11.3. The van der Waals surface area contributed by atoms with Crippen LogP contribution in [0.15, 0.2) is 12.7 Å². The number of rotatable bonds is 15. The second-order valence-corrected chi connectivity index (χ2v) is 6.68. The van der Waals surface area contributed by atoms with Crippen molar-refractivity contribution in [1.82, 2.24) is 0 Å². The highest BCUT2D eigenvalue weighted by Gasteiger charge is 2.22. The Kier molecular flexibility index (Phi) is 13.9. The van der Waals surface area contributed by atoms with E-state index in [0.29, 0.717) is 6.61 Å². The Balaban J connectivity index is 3.47. The Morgan fingerprint density at radius 2 is 1.65 bits per heavy atom. The minimum atomic E-state index is -0.737. The summed E-state index contributed by atoms with van der Waals surface area (Å²) in [6.07, 6.45) is 13.4. The Morgan fingerprint density at radius 3 is 2.30 bits per heavy atom. The molecule has 0 bridgehead atoms. The molecule has 0 atom stereocenters. The topological polar surface area (TPSA) is 44.8 Å². The standard InChI is InChI=1S/C19H36O4/c1-5-7-9-10-11-12-13-15-17-21-18(20)22-23-19(3,4)16-14-8-6-2/h5H,1,6-17H2,2-4H3. The van der Waals surface area contributed by atoms with Gasteiger partial charge >= 0.3 is 6.16 Å². The summed E-state index contributed by atoms with van der Waals surface area (Å²) < 4.78 is 5.01. The maximum absolute atomic E-state index is 11.4. The molecule has 0 aromatic rings. The van der Waals surface area contributed by atoms with Crippen LogP contribution in [0.5, 0.6) is 0 Å². The van der Waals surface area contributed by atoms with E-state index in [4.69, 9.17) is 14.5 Å². The second kappa shape index (κ2) is 14.6. The van der Waals surface area contributed by atoms with E-state index in [1.807, 2.05) is 19.9 Å². The van der Waals surface area contributed by atoms with Crippen molar-refractivity contribution in [3.8, 4) is 0 Å². The minimum absolute atomic E-state index is 0.394. The molecule has 0 fully saturated rings. The van der Waals surface area contributed by atoms with Gasteiger partial charge in [-0.1, -0.05) is 57.9 Å². The van der Waals surface area contributed by atoms with E-state index in [2.05, 4.69) is 13.5 Å². The molecule has 23 heavy (non-hydrogen) atoms. The first-order valence-corrected chi connectivity index (χ1v) is 9.15. The fourth-order valence-electron chi connectivity index (χ4n) is 2.27. The Bertz CT molecular complexity index is 300. The lowest BCUT2D eigenvalue weighted by Crippen LogP contribution is -2.26. The molecule has 4 heteroatoms. The summed E-state index contributed by atoms with van der Waals surface area (Å²) in [5.41, 5.74) is -0.459. The van der Waals surface area contributed by atoms with Gasteiger partial charge in [-0.25, -0.2) is 4.79 Å². The van der Waals surface area contributed by atoms with Crippen molar-refractivity contribution in [1.29, 1.82) is 0 Å². The zero-order chi connectivity index (χ0) is 17.4. The van der Waals surface area contributed by atoms with Crippen molar-refractivity contribution in [2.24, 2.45) is 0 Å². The molecular formula is C19H36O4. The smallest absolute Gasteiger partial charge is 0.432 e. The molecule has 0 amide bonds. The molecule has 0 N–H and O–H groups in total. The molecule has 0 aromatic heterocycles. The SMILES string of the molecule is C=CCCCCCCCCOC(=O)OOC(C)(C)CCCCC. The van der Waals surface area contributed by atoms with Crippen LogP contribution in [0.3, 0.4) is 0 Å². The van der Waals surface area contributed by atoms with Gasteiger partial charge in [0.25, 0.3) is 0 Å². The highest BCUT2D eigenvalue weighted by atomic mass is 17.2. The molecule has 136 valence electrons. The van der Waals surface area contributed by atoms with Crippen LogP contribution in [0.2, 0.25) is 0 Å². The summed E-state index contributed by atoms with van der Waals surface area (Å²) in [7, 11) is 0. The van der Waals surface area contributed by atoms with E-state index < -0.39 is 11.8 Å². The molecular weight excluding hydrogens is 292 g/mol. The lowest BCUT2D eigenvalue weighted by Gasteiger charge is -2.22. The van der Waals surface area contributed by atoms with Gasteiger partial charge in [-0.2, -0.15) is 4.89 Å². The maximum atomic E-state index is 11.4. The fourth-order valence-corrected chi connectivity index (χ4v) is 2.27. The highest BCUT2D eigenvalue weighted by molar-refractivity contribution is 5.58. The summed E-state index contributed by atoms with van der Waals surface area (Å²) in [4.78, 5) is 21.4. The zero-order valence-electron chi connectivity index (χ0n) is 15.4. The van der Waals surface area contributed by atoms with E-state index in [9.17, 15) is 4.79 Å². The third-order valence-corrected chi connectivity index (χ3v) is 3.74. The average molecular weight is 328 g/mol. The molecule has 0 aliphatic rings. The first-order chi connectivity index (χ1) is 11.0. The van der Waals surface area contributed by atoms with E-state index in [0.717, 1.165) is 44.9 Å². The molecule has 0 aliphatic carbocycles. The lowest BCUT2D eigenvalue weighted by atomic mass is 10.0. The van der Waals surface area contributed by atoms with E-state index in [-0.39, 0.29) is 0 Å². The van der Waals surface area contributed by atoms with Crippen LogP contribution in [-0.2, 0) is 14.5 Å². The highest BCUT2D eigenvalue weighted by Crippen LogP contribution is 2.19. The number of hydrogen-bond donors (Lipinski definition) is 0. The molecule has 0 saturated heterocycles. The summed E-state index contributed by atoms with van der Waals surface area (Å²) in [5.74, 6) is 0. The predicted octanol–water partition coefficient (Wildman–Crippen LogP) is 6.35. The maximum Gasteiger partial charge on any atom is 0.540 e. The molecule has 0 unspecified atom stereocenters. The van der Waals surface area contributed by atoms with Gasteiger partial charge in [0.1, 0.15) is 5.60 Å². The minimum Gasteiger partial charge on any atom is -0.432 e. The Hall–Kier alpha value is -1.03. The average Bonchev–Trinajstić information content (AvgIpc) is 2.51. The van der Waals surface area contributed by atoms with Crippen LogP contribution in [-0.4, -0.2) is 18.4 Å². The summed E-state index contributed by atoms with van der Waals surface area (Å²) in [6.45, 7) is 10.1. The molecule has 0 heterocycles. The summed E-state index contributed by atoms with van der Waals surface area (Å²) >= 11 is 0. The Morgan fingerprint density at radius 1 is 1.00 bits per heavy atom. The van der Waals surface area contributed by atoms with Gasteiger partial charge in [0, 0.05) is 0 Å². The van der Waals surface area contributed by atoms with Gasteiger partial charge in [0.15, 0.2) is 0 Å². The molecule has 0 radical (unpaired) electrons. The van der Waals surface area contributed by atoms with Crippen LogP contribution >= 0.6 is 0 Å². The number of allylic oxidation sites excluding steroid dienone is 1. The third kappa shape index (κ3) is 15.6. The quantitative estimate of drug-likeness (QED) is 0.116. The van der Waals surface area contributed by atoms with Crippen molar-refractivity contribution in [2.45, 2.75) is 97.0 Å². The molecule has 4 nitrogen and oxygen atoms in total. The largest absolute Gasteiger partial charge is 0.540 e. The van der Waals surface area contributed by atoms with Crippen LogP contribution in [0, 0.1) is 0 Å². The molecule has 0 aromatic carbocycles. The van der Waals surface area contributed by atoms with Gasteiger partial charge in [0.2, 0.25) is 0 Å². The zero-order valence-corrected chi connectivity index (χ0v) is 15.4. The van der Waals surface area contributed by atoms with Gasteiger partial charge in [-0.3, -0.25) is 4.89 Å². The van der Waals surface area contributed by atoms with Crippen molar-refractivity contribution < 1.29 is 19.3 Å². The van der Waals surface area contributed by atoms with Crippen molar-refractivity contribution >= 4 is 6.16 Å². The van der Waals surface area contributed by atoms with Gasteiger partial charge in [-0.15, -0.1) is 6.58 Å². The van der Waals surface area contributed by atoms with Crippen molar-refractivity contribution in [3.05, 3.63) is 12.7 Å². The van der Waals surface area contributed by atoms with Gasteiger partial charge < -0.3 is 4.74 Å². The van der Waals surface area contributed by atoms with Gasteiger partial charge in [0.05, 0.1) is 6.61 Å². The second-order valence-electron chi connectivity index (χ2n) is 6.68. The fraction of sp³-hybridized carbons (Fsp3) is 0.842. The third-order valence-electron chi connectivity index (χ3n) is 3.74. The molecule has 0 saturated carbocycles. The van der Waals surface area contributed by atoms with Crippen molar-refractivity contribution in [2.75, 3.05) is 6.61 Å². The van der Waals surface area contributed by atoms with Crippen LogP contribution < -0.4 is 0 Å².